The lowest BCUT2D eigenvalue weighted by atomic mass is 9.74. The number of sulfonamides is 1. The van der Waals surface area contributed by atoms with Gasteiger partial charge in [0.25, 0.3) is 0 Å². The van der Waals surface area contributed by atoms with E-state index in [-0.39, 0.29) is 18.8 Å². The topological polar surface area (TPSA) is 125 Å². The second kappa shape index (κ2) is 7.08. The summed E-state index contributed by atoms with van der Waals surface area (Å²) in [6.45, 7) is 8.08. The van der Waals surface area contributed by atoms with Gasteiger partial charge in [-0.3, -0.25) is 4.79 Å². The van der Waals surface area contributed by atoms with E-state index in [0.717, 1.165) is 0 Å². The summed E-state index contributed by atoms with van der Waals surface area (Å²) in [7, 11) is -3.40. The molecule has 0 aliphatic rings. The van der Waals surface area contributed by atoms with Crippen molar-refractivity contribution in [1.29, 1.82) is 0 Å². The van der Waals surface area contributed by atoms with Crippen LogP contribution in [-0.4, -0.2) is 49.9 Å². The molecule has 0 aliphatic carbocycles. The Labute approximate surface area is 125 Å². The molecule has 0 atom stereocenters. The summed E-state index contributed by atoms with van der Waals surface area (Å²) in [6, 6.07) is -0.610. The maximum atomic E-state index is 11.7. The molecule has 0 bridgehead atoms. The van der Waals surface area contributed by atoms with Crippen LogP contribution in [0.1, 0.15) is 34.6 Å². The zero-order valence-electron chi connectivity index (χ0n) is 13.1. The molecule has 0 aromatic carbocycles. The Morgan fingerprint density at radius 1 is 1.14 bits per heavy atom. The highest BCUT2D eigenvalue weighted by molar-refractivity contribution is 7.89. The minimum absolute atomic E-state index is 0.0647. The molecule has 8 nitrogen and oxygen atoms in total. The molecule has 0 saturated heterocycles. The molecular formula is C12H25N3O5S. The van der Waals surface area contributed by atoms with Crippen molar-refractivity contribution in [3.05, 3.63) is 0 Å². The van der Waals surface area contributed by atoms with Gasteiger partial charge < -0.3 is 15.7 Å². The van der Waals surface area contributed by atoms with Gasteiger partial charge in [-0.2, -0.15) is 0 Å². The van der Waals surface area contributed by atoms with Crippen LogP contribution in [0.3, 0.4) is 0 Å². The van der Waals surface area contributed by atoms with Crippen molar-refractivity contribution in [2.24, 2.45) is 5.41 Å². The molecule has 9 heteroatoms. The predicted octanol–water partition coefficient (Wildman–Crippen LogP) is 0.114. The first-order valence-corrected chi connectivity index (χ1v) is 8.27. The maximum Gasteiger partial charge on any atom is 0.315 e. The molecule has 0 aromatic rings. The lowest BCUT2D eigenvalue weighted by Crippen LogP contribution is -2.59. The van der Waals surface area contributed by atoms with Crippen molar-refractivity contribution >= 4 is 22.0 Å². The number of carboxylic acid groups (broad SMARTS) is 1. The number of amides is 2. The minimum atomic E-state index is -3.40. The van der Waals surface area contributed by atoms with Crippen LogP contribution in [0.2, 0.25) is 0 Å². The fourth-order valence-electron chi connectivity index (χ4n) is 1.34. The molecule has 4 N–H and O–H groups in total. The average molecular weight is 323 g/mol. The Morgan fingerprint density at radius 3 is 2.10 bits per heavy atom. The Hall–Kier alpha value is -1.35. The minimum Gasteiger partial charge on any atom is -0.481 e. The third-order valence-corrected chi connectivity index (χ3v) is 5.01. The van der Waals surface area contributed by atoms with Crippen molar-refractivity contribution in [3.8, 4) is 0 Å². The van der Waals surface area contributed by atoms with Crippen molar-refractivity contribution in [1.82, 2.24) is 15.4 Å². The zero-order chi connectivity index (χ0) is 16.9. The Balaban J connectivity index is 4.49. The summed E-state index contributed by atoms with van der Waals surface area (Å²) in [4.78, 5) is 22.9. The Kier molecular flexibility index (Phi) is 6.62. The first-order valence-electron chi connectivity index (χ1n) is 6.62. The number of carboxylic acids is 1. The first-order chi connectivity index (χ1) is 9.35. The molecule has 0 radical (unpaired) electrons. The Bertz CT molecular complexity index is 485. The van der Waals surface area contributed by atoms with Gasteiger partial charge in [0.15, 0.2) is 0 Å². The van der Waals surface area contributed by atoms with E-state index in [2.05, 4.69) is 15.4 Å². The SMILES string of the molecule is CCNS(=O)(=O)CCNC(=O)NC(C)(C)C(C)(C)C(=O)O. The van der Waals surface area contributed by atoms with Gasteiger partial charge in [0.1, 0.15) is 0 Å². The second-order valence-electron chi connectivity index (χ2n) is 5.75. The third-order valence-electron chi connectivity index (χ3n) is 3.54. The number of hydrogen-bond acceptors (Lipinski definition) is 4. The molecule has 0 aromatic heterocycles. The summed E-state index contributed by atoms with van der Waals surface area (Å²) < 4.78 is 25.1. The summed E-state index contributed by atoms with van der Waals surface area (Å²) in [5, 5.41) is 14.1. The quantitative estimate of drug-likeness (QED) is 0.505. The van der Waals surface area contributed by atoms with Gasteiger partial charge in [-0.05, 0) is 27.7 Å². The normalized spacial score (nSPS) is 12.8. The van der Waals surface area contributed by atoms with Crippen LogP contribution in [-0.2, 0) is 14.8 Å². The van der Waals surface area contributed by atoms with Crippen molar-refractivity contribution < 1.29 is 23.1 Å². The largest absolute Gasteiger partial charge is 0.481 e. The van der Waals surface area contributed by atoms with Crippen LogP contribution in [0, 0.1) is 5.41 Å². The predicted molar refractivity (Wildman–Crippen MR) is 79.5 cm³/mol. The summed E-state index contributed by atoms with van der Waals surface area (Å²) in [5.74, 6) is -1.28. The fourth-order valence-corrected chi connectivity index (χ4v) is 2.30. The summed E-state index contributed by atoms with van der Waals surface area (Å²) in [6.07, 6.45) is 0. The van der Waals surface area contributed by atoms with Crippen molar-refractivity contribution in [2.45, 2.75) is 40.2 Å². The lowest BCUT2D eigenvalue weighted by Gasteiger charge is -2.38. The van der Waals surface area contributed by atoms with E-state index in [1.165, 1.54) is 13.8 Å². The monoisotopic (exact) mass is 323 g/mol. The van der Waals surface area contributed by atoms with Gasteiger partial charge in [-0.25, -0.2) is 17.9 Å². The van der Waals surface area contributed by atoms with E-state index >= 15 is 0 Å². The van der Waals surface area contributed by atoms with Crippen LogP contribution >= 0.6 is 0 Å². The van der Waals surface area contributed by atoms with Crippen LogP contribution in [0.5, 0.6) is 0 Å². The van der Waals surface area contributed by atoms with Gasteiger partial charge in [-0.1, -0.05) is 6.92 Å². The standard InChI is InChI=1S/C12H25N3O5S/c1-6-14-21(19,20)8-7-13-10(18)15-12(4,5)11(2,3)9(16)17/h14H,6-8H2,1-5H3,(H,16,17)(H2,13,15,18). The number of carbonyl (C=O) groups is 2. The highest BCUT2D eigenvalue weighted by Gasteiger charge is 2.44. The van der Waals surface area contributed by atoms with Gasteiger partial charge >= 0.3 is 12.0 Å². The van der Waals surface area contributed by atoms with E-state index in [1.807, 2.05) is 0 Å². The lowest BCUT2D eigenvalue weighted by molar-refractivity contribution is -0.150. The maximum absolute atomic E-state index is 11.7. The van der Waals surface area contributed by atoms with Crippen molar-refractivity contribution in [3.63, 3.8) is 0 Å². The van der Waals surface area contributed by atoms with Gasteiger partial charge in [0.05, 0.1) is 16.7 Å². The molecular weight excluding hydrogens is 298 g/mol. The van der Waals surface area contributed by atoms with Gasteiger partial charge in [-0.15, -0.1) is 0 Å². The summed E-state index contributed by atoms with van der Waals surface area (Å²) >= 11 is 0. The molecule has 0 rings (SSSR count). The zero-order valence-corrected chi connectivity index (χ0v) is 13.9. The summed E-state index contributed by atoms with van der Waals surface area (Å²) in [5.41, 5.74) is -2.19. The molecule has 0 heterocycles. The molecule has 2 amide bonds. The first kappa shape index (κ1) is 19.7. The van der Waals surface area contributed by atoms with Gasteiger partial charge in [0.2, 0.25) is 10.0 Å². The average Bonchev–Trinajstić information content (AvgIpc) is 2.26. The number of hydrogen-bond donors (Lipinski definition) is 4. The van der Waals surface area contributed by atoms with Crippen LogP contribution in [0.15, 0.2) is 0 Å². The molecule has 0 fully saturated rings. The molecule has 0 spiro atoms. The highest BCUT2D eigenvalue weighted by Crippen LogP contribution is 2.30. The van der Waals surface area contributed by atoms with Crippen molar-refractivity contribution in [2.75, 3.05) is 18.8 Å². The van der Waals surface area contributed by atoms with E-state index in [0.29, 0.717) is 0 Å². The van der Waals surface area contributed by atoms with Crippen LogP contribution < -0.4 is 15.4 Å². The van der Waals surface area contributed by atoms with Crippen LogP contribution in [0.4, 0.5) is 4.79 Å². The molecule has 21 heavy (non-hydrogen) atoms. The molecule has 124 valence electrons. The third kappa shape index (κ3) is 5.88. The van der Waals surface area contributed by atoms with E-state index in [1.54, 1.807) is 20.8 Å². The number of aliphatic carboxylic acids is 1. The number of rotatable bonds is 8. The molecule has 0 unspecified atom stereocenters. The number of urea groups is 1. The molecule has 0 saturated carbocycles. The Morgan fingerprint density at radius 2 is 1.67 bits per heavy atom. The smallest absolute Gasteiger partial charge is 0.315 e. The van der Waals surface area contributed by atoms with E-state index in [4.69, 9.17) is 0 Å². The second-order valence-corrected chi connectivity index (χ2v) is 7.68. The molecule has 0 aliphatic heterocycles. The van der Waals surface area contributed by atoms with E-state index < -0.39 is 33.0 Å². The fraction of sp³-hybridized carbons (Fsp3) is 0.833. The number of carbonyl (C=O) groups excluding carboxylic acids is 1. The van der Waals surface area contributed by atoms with Crippen LogP contribution in [0.25, 0.3) is 0 Å². The van der Waals surface area contributed by atoms with Gasteiger partial charge in [0, 0.05) is 13.1 Å². The number of nitrogens with one attached hydrogen (secondary N) is 3. The highest BCUT2D eigenvalue weighted by atomic mass is 32.2. The van der Waals surface area contributed by atoms with E-state index in [9.17, 15) is 23.1 Å².